The van der Waals surface area contributed by atoms with Crippen molar-refractivity contribution < 1.29 is 18.9 Å². The summed E-state index contributed by atoms with van der Waals surface area (Å²) < 4.78 is 13.9. The van der Waals surface area contributed by atoms with E-state index in [1.165, 1.54) is 24.3 Å². The standard InChI is InChI=1S/C22H23FN4O4/c23-18-4-2-1-3-17(18)22(29)26-11-9-16(10-12-26)25-21(28)14-5-8-19(24-15-6-7-15)20(13-14)27(30)31/h1-5,8,13,15-16,24H,6-7,9-12H2,(H,25,28). The van der Waals surface area contributed by atoms with E-state index in [2.05, 4.69) is 10.6 Å². The summed E-state index contributed by atoms with van der Waals surface area (Å²) in [6, 6.07) is 10.4. The number of carbonyl (C=O) groups excluding carboxylic acids is 2. The molecule has 9 heteroatoms. The average molecular weight is 426 g/mol. The van der Waals surface area contributed by atoms with Crippen LogP contribution in [0.3, 0.4) is 0 Å². The van der Waals surface area contributed by atoms with Gasteiger partial charge < -0.3 is 15.5 Å². The first-order valence-electron chi connectivity index (χ1n) is 10.3. The van der Waals surface area contributed by atoms with Gasteiger partial charge in [0.15, 0.2) is 0 Å². The maximum Gasteiger partial charge on any atom is 0.293 e. The summed E-state index contributed by atoms with van der Waals surface area (Å²) in [6.45, 7) is 0.783. The van der Waals surface area contributed by atoms with Gasteiger partial charge in [0.25, 0.3) is 17.5 Å². The van der Waals surface area contributed by atoms with Crippen LogP contribution in [0.5, 0.6) is 0 Å². The van der Waals surface area contributed by atoms with Crippen LogP contribution in [0.1, 0.15) is 46.4 Å². The van der Waals surface area contributed by atoms with E-state index in [9.17, 15) is 24.1 Å². The molecule has 162 valence electrons. The highest BCUT2D eigenvalue weighted by Gasteiger charge is 2.28. The summed E-state index contributed by atoms with van der Waals surface area (Å²) in [4.78, 5) is 37.6. The fourth-order valence-electron chi connectivity index (χ4n) is 3.69. The normalized spacial score (nSPS) is 16.6. The molecule has 4 rings (SSSR count). The number of nitro groups is 1. The maximum absolute atomic E-state index is 13.9. The van der Waals surface area contributed by atoms with Gasteiger partial charge >= 0.3 is 0 Å². The van der Waals surface area contributed by atoms with Crippen LogP contribution >= 0.6 is 0 Å². The highest BCUT2D eigenvalue weighted by Crippen LogP contribution is 2.31. The van der Waals surface area contributed by atoms with Gasteiger partial charge in [-0.15, -0.1) is 0 Å². The SMILES string of the molecule is O=C(NC1CCN(C(=O)c2ccccc2F)CC1)c1ccc(NC2CC2)c([N+](=O)[O-])c1. The predicted octanol–water partition coefficient (Wildman–Crippen LogP) is 3.34. The molecular weight excluding hydrogens is 403 g/mol. The number of nitrogens with one attached hydrogen (secondary N) is 2. The van der Waals surface area contributed by atoms with Crippen LogP contribution in [0.4, 0.5) is 15.8 Å². The number of amides is 2. The lowest BCUT2D eigenvalue weighted by atomic mass is 10.0. The van der Waals surface area contributed by atoms with Gasteiger partial charge in [-0.25, -0.2) is 4.39 Å². The number of piperidine rings is 1. The molecule has 2 N–H and O–H groups in total. The van der Waals surface area contributed by atoms with Crippen LogP contribution in [-0.4, -0.2) is 46.8 Å². The Morgan fingerprint density at radius 1 is 1.03 bits per heavy atom. The van der Waals surface area contributed by atoms with Gasteiger partial charge in [0.05, 0.1) is 10.5 Å². The van der Waals surface area contributed by atoms with E-state index in [1.54, 1.807) is 23.1 Å². The summed E-state index contributed by atoms with van der Waals surface area (Å²) in [7, 11) is 0. The van der Waals surface area contributed by atoms with Crippen molar-refractivity contribution in [3.05, 3.63) is 69.5 Å². The van der Waals surface area contributed by atoms with Crippen molar-refractivity contribution in [2.75, 3.05) is 18.4 Å². The molecule has 2 fully saturated rings. The first-order chi connectivity index (χ1) is 14.9. The zero-order valence-electron chi connectivity index (χ0n) is 16.8. The van der Waals surface area contributed by atoms with E-state index in [0.29, 0.717) is 31.6 Å². The third-order valence-electron chi connectivity index (χ3n) is 5.62. The lowest BCUT2D eigenvalue weighted by Crippen LogP contribution is -2.46. The molecule has 1 saturated carbocycles. The number of nitro benzene ring substituents is 1. The number of likely N-dealkylation sites (tertiary alicyclic amines) is 1. The fraction of sp³-hybridized carbons (Fsp3) is 0.364. The quantitative estimate of drug-likeness (QED) is 0.545. The third-order valence-corrected chi connectivity index (χ3v) is 5.62. The largest absolute Gasteiger partial charge is 0.377 e. The second kappa shape index (κ2) is 8.71. The van der Waals surface area contributed by atoms with Crippen LogP contribution in [0, 0.1) is 15.9 Å². The van der Waals surface area contributed by atoms with Crippen molar-refractivity contribution in [3.63, 3.8) is 0 Å². The maximum atomic E-state index is 13.9. The molecule has 0 spiro atoms. The molecule has 1 saturated heterocycles. The van der Waals surface area contributed by atoms with Crippen LogP contribution in [0.15, 0.2) is 42.5 Å². The molecule has 2 aromatic rings. The molecule has 2 aromatic carbocycles. The zero-order valence-corrected chi connectivity index (χ0v) is 16.8. The van der Waals surface area contributed by atoms with Crippen molar-refractivity contribution >= 4 is 23.2 Å². The van der Waals surface area contributed by atoms with E-state index in [4.69, 9.17) is 0 Å². The second-order valence-electron chi connectivity index (χ2n) is 7.93. The highest BCUT2D eigenvalue weighted by atomic mass is 19.1. The number of hydrogen-bond donors (Lipinski definition) is 2. The topological polar surface area (TPSA) is 105 Å². The summed E-state index contributed by atoms with van der Waals surface area (Å²) in [5, 5.41) is 17.4. The van der Waals surface area contributed by atoms with Crippen molar-refractivity contribution in [3.8, 4) is 0 Å². The molecule has 0 unspecified atom stereocenters. The second-order valence-corrected chi connectivity index (χ2v) is 7.93. The number of benzene rings is 2. The first kappa shape index (κ1) is 20.8. The number of nitrogens with zero attached hydrogens (tertiary/aromatic N) is 2. The Labute approximate surface area is 178 Å². The Hall–Kier alpha value is -3.49. The van der Waals surface area contributed by atoms with Gasteiger partial charge in [-0.05, 0) is 49.9 Å². The van der Waals surface area contributed by atoms with E-state index < -0.39 is 10.7 Å². The van der Waals surface area contributed by atoms with Crippen LogP contribution in [0.2, 0.25) is 0 Å². The molecule has 8 nitrogen and oxygen atoms in total. The third kappa shape index (κ3) is 4.82. The van der Waals surface area contributed by atoms with Crippen LogP contribution in [0.25, 0.3) is 0 Å². The number of anilines is 1. The lowest BCUT2D eigenvalue weighted by Gasteiger charge is -2.32. The highest BCUT2D eigenvalue weighted by molar-refractivity contribution is 5.96. The van der Waals surface area contributed by atoms with Crippen LogP contribution < -0.4 is 10.6 Å². The number of halogens is 1. The van der Waals surface area contributed by atoms with E-state index in [0.717, 1.165) is 12.8 Å². The van der Waals surface area contributed by atoms with Gasteiger partial charge in [-0.2, -0.15) is 0 Å². The van der Waals surface area contributed by atoms with E-state index in [1.807, 2.05) is 0 Å². The summed E-state index contributed by atoms with van der Waals surface area (Å²) >= 11 is 0. The summed E-state index contributed by atoms with van der Waals surface area (Å²) in [5.41, 5.74) is 0.559. The fourth-order valence-corrected chi connectivity index (χ4v) is 3.69. The molecule has 1 heterocycles. The van der Waals surface area contributed by atoms with Crippen LogP contribution in [-0.2, 0) is 0 Å². The smallest absolute Gasteiger partial charge is 0.293 e. The number of hydrogen-bond acceptors (Lipinski definition) is 5. The molecule has 2 amide bonds. The molecular formula is C22H23FN4O4. The minimum atomic E-state index is -0.552. The molecule has 0 radical (unpaired) electrons. The number of carbonyl (C=O) groups is 2. The van der Waals surface area contributed by atoms with Gasteiger partial charge in [0.1, 0.15) is 11.5 Å². The molecule has 2 aliphatic rings. The Bertz CT molecular complexity index is 1020. The Morgan fingerprint density at radius 3 is 2.39 bits per heavy atom. The summed E-state index contributed by atoms with van der Waals surface area (Å²) in [5.74, 6) is -1.30. The van der Waals surface area contributed by atoms with E-state index >= 15 is 0 Å². The average Bonchev–Trinajstić information content (AvgIpc) is 3.58. The first-order valence-corrected chi connectivity index (χ1v) is 10.3. The molecule has 0 atom stereocenters. The van der Waals surface area contributed by atoms with Gasteiger partial charge in [-0.1, -0.05) is 12.1 Å². The minimum Gasteiger partial charge on any atom is -0.377 e. The molecule has 31 heavy (non-hydrogen) atoms. The van der Waals surface area contributed by atoms with E-state index in [-0.39, 0.29) is 40.7 Å². The lowest BCUT2D eigenvalue weighted by molar-refractivity contribution is -0.384. The van der Waals surface area contributed by atoms with Crippen molar-refractivity contribution in [1.82, 2.24) is 10.2 Å². The Morgan fingerprint density at radius 2 is 1.74 bits per heavy atom. The van der Waals surface area contributed by atoms with Gasteiger partial charge in [-0.3, -0.25) is 19.7 Å². The molecule has 1 aliphatic carbocycles. The van der Waals surface area contributed by atoms with Gasteiger partial charge in [0.2, 0.25) is 0 Å². The Balaban J connectivity index is 1.35. The van der Waals surface area contributed by atoms with Crippen molar-refractivity contribution in [2.24, 2.45) is 0 Å². The van der Waals surface area contributed by atoms with Crippen molar-refractivity contribution in [1.29, 1.82) is 0 Å². The number of rotatable bonds is 6. The monoisotopic (exact) mass is 426 g/mol. The zero-order chi connectivity index (χ0) is 22.0. The minimum absolute atomic E-state index is 0.0391. The predicted molar refractivity (Wildman–Crippen MR) is 113 cm³/mol. The molecule has 1 aliphatic heterocycles. The molecule has 0 aromatic heterocycles. The van der Waals surface area contributed by atoms with Gasteiger partial charge in [0, 0.05) is 36.8 Å². The van der Waals surface area contributed by atoms with Crippen molar-refractivity contribution in [2.45, 2.75) is 37.8 Å². The molecule has 0 bridgehead atoms. The Kier molecular flexibility index (Phi) is 5.83. The summed E-state index contributed by atoms with van der Waals surface area (Å²) in [6.07, 6.45) is 3.01.